The standard InChI is InChI=1S/C19H20F3NO3S/c1-11-2-4-12(5-3-11)10-26-15-7-6-13(8-14(15)19(20,21)22)9-16-17(24)23-18(25)27-16/h6-9,11-12H,2-5,10H2,1H3,(H,23,24,25). The first-order valence-electron chi connectivity index (χ1n) is 8.81. The van der Waals surface area contributed by atoms with E-state index in [4.69, 9.17) is 4.74 Å². The van der Waals surface area contributed by atoms with Crippen molar-refractivity contribution in [1.29, 1.82) is 0 Å². The van der Waals surface area contributed by atoms with Crippen molar-refractivity contribution in [2.45, 2.75) is 38.8 Å². The molecule has 0 spiro atoms. The molecule has 1 heterocycles. The zero-order valence-corrected chi connectivity index (χ0v) is 15.6. The molecule has 8 heteroatoms. The summed E-state index contributed by atoms with van der Waals surface area (Å²) in [6.45, 7) is 2.45. The number of carbonyl (C=O) groups excluding carboxylic acids is 2. The van der Waals surface area contributed by atoms with Gasteiger partial charge >= 0.3 is 6.18 Å². The Morgan fingerprint density at radius 1 is 1.22 bits per heavy atom. The molecule has 0 aromatic heterocycles. The Labute approximate surface area is 159 Å². The van der Waals surface area contributed by atoms with E-state index in [0.717, 1.165) is 31.7 Å². The van der Waals surface area contributed by atoms with Crippen LogP contribution in [0.3, 0.4) is 0 Å². The summed E-state index contributed by atoms with van der Waals surface area (Å²) in [4.78, 5) is 22.8. The summed E-state index contributed by atoms with van der Waals surface area (Å²) < 4.78 is 45.9. The van der Waals surface area contributed by atoms with E-state index in [9.17, 15) is 22.8 Å². The van der Waals surface area contributed by atoms with Gasteiger partial charge in [0.25, 0.3) is 11.1 Å². The summed E-state index contributed by atoms with van der Waals surface area (Å²) in [6.07, 6.45) is 0.772. The molecule has 2 fully saturated rings. The molecule has 4 nitrogen and oxygen atoms in total. The number of imide groups is 1. The molecule has 2 aliphatic rings. The van der Waals surface area contributed by atoms with Gasteiger partial charge in [0.05, 0.1) is 17.1 Å². The molecule has 1 N–H and O–H groups in total. The van der Waals surface area contributed by atoms with Crippen LogP contribution >= 0.6 is 11.8 Å². The maximum absolute atomic E-state index is 13.5. The molecule has 1 saturated heterocycles. The quantitative estimate of drug-likeness (QED) is 0.704. The summed E-state index contributed by atoms with van der Waals surface area (Å²) in [5.41, 5.74) is -0.690. The lowest BCUT2D eigenvalue weighted by atomic mass is 9.83. The van der Waals surface area contributed by atoms with Crippen molar-refractivity contribution >= 4 is 29.0 Å². The highest BCUT2D eigenvalue weighted by Crippen LogP contribution is 2.38. The van der Waals surface area contributed by atoms with Gasteiger partial charge in [0.2, 0.25) is 0 Å². The second-order valence-electron chi connectivity index (χ2n) is 7.04. The van der Waals surface area contributed by atoms with Crippen LogP contribution in [0.2, 0.25) is 0 Å². The molecule has 0 bridgehead atoms. The smallest absolute Gasteiger partial charge is 0.419 e. The maximum Gasteiger partial charge on any atom is 0.419 e. The molecule has 1 aliphatic heterocycles. The first-order valence-corrected chi connectivity index (χ1v) is 9.63. The van der Waals surface area contributed by atoms with E-state index in [-0.39, 0.29) is 28.7 Å². The van der Waals surface area contributed by atoms with Gasteiger partial charge < -0.3 is 4.74 Å². The Balaban J connectivity index is 1.77. The normalized spacial score (nSPS) is 25.0. The Morgan fingerprint density at radius 2 is 1.93 bits per heavy atom. The maximum atomic E-state index is 13.5. The zero-order valence-electron chi connectivity index (χ0n) is 14.8. The molecule has 2 amide bonds. The van der Waals surface area contributed by atoms with Crippen molar-refractivity contribution in [1.82, 2.24) is 5.32 Å². The lowest BCUT2D eigenvalue weighted by Crippen LogP contribution is -2.20. The molecule has 146 valence electrons. The van der Waals surface area contributed by atoms with Crippen LogP contribution in [-0.4, -0.2) is 17.8 Å². The van der Waals surface area contributed by atoms with Gasteiger partial charge in [-0.25, -0.2) is 0 Å². The predicted molar refractivity (Wildman–Crippen MR) is 97.2 cm³/mol. The van der Waals surface area contributed by atoms with Gasteiger partial charge in [-0.05, 0) is 60.2 Å². The van der Waals surface area contributed by atoms with Crippen LogP contribution in [0.4, 0.5) is 18.0 Å². The first kappa shape index (κ1) is 19.8. The monoisotopic (exact) mass is 399 g/mol. The first-order chi connectivity index (χ1) is 12.7. The van der Waals surface area contributed by atoms with Crippen LogP contribution in [0, 0.1) is 11.8 Å². The third-order valence-corrected chi connectivity index (χ3v) is 5.67. The molecule has 3 rings (SSSR count). The summed E-state index contributed by atoms with van der Waals surface area (Å²) in [5, 5.41) is 1.54. The third-order valence-electron chi connectivity index (χ3n) is 4.86. The predicted octanol–water partition coefficient (Wildman–Crippen LogP) is 5.23. The van der Waals surface area contributed by atoms with Crippen LogP contribution < -0.4 is 10.1 Å². The number of hydrogen-bond donors (Lipinski definition) is 1. The van der Waals surface area contributed by atoms with Crippen molar-refractivity contribution in [2.75, 3.05) is 6.61 Å². The van der Waals surface area contributed by atoms with E-state index in [1.165, 1.54) is 18.2 Å². The largest absolute Gasteiger partial charge is 0.493 e. The number of ether oxygens (including phenoxy) is 1. The fourth-order valence-electron chi connectivity index (χ4n) is 3.26. The van der Waals surface area contributed by atoms with Crippen molar-refractivity contribution < 1.29 is 27.5 Å². The molecule has 1 aromatic rings. The molecule has 1 aliphatic carbocycles. The van der Waals surface area contributed by atoms with E-state index in [1.54, 1.807) is 0 Å². The van der Waals surface area contributed by atoms with Crippen molar-refractivity contribution in [3.63, 3.8) is 0 Å². The number of rotatable bonds is 4. The number of amides is 2. The van der Waals surface area contributed by atoms with Crippen LogP contribution in [0.25, 0.3) is 6.08 Å². The van der Waals surface area contributed by atoms with Crippen LogP contribution in [0.1, 0.15) is 43.7 Å². The van der Waals surface area contributed by atoms with Gasteiger partial charge in [-0.3, -0.25) is 14.9 Å². The second kappa shape index (κ2) is 7.96. The van der Waals surface area contributed by atoms with Gasteiger partial charge in [-0.1, -0.05) is 25.8 Å². The van der Waals surface area contributed by atoms with E-state index in [0.29, 0.717) is 17.7 Å². The van der Waals surface area contributed by atoms with Gasteiger partial charge in [0.15, 0.2) is 0 Å². The lowest BCUT2D eigenvalue weighted by molar-refractivity contribution is -0.139. The highest BCUT2D eigenvalue weighted by molar-refractivity contribution is 8.18. The number of hydrogen-bond acceptors (Lipinski definition) is 4. The summed E-state index contributed by atoms with van der Waals surface area (Å²) in [5.74, 6) is 0.124. The van der Waals surface area contributed by atoms with Gasteiger partial charge in [-0.2, -0.15) is 13.2 Å². The Bertz CT molecular complexity index is 768. The lowest BCUT2D eigenvalue weighted by Gasteiger charge is -2.26. The van der Waals surface area contributed by atoms with Crippen molar-refractivity contribution in [2.24, 2.45) is 11.8 Å². The van der Waals surface area contributed by atoms with E-state index >= 15 is 0 Å². The molecule has 1 aromatic carbocycles. The highest BCUT2D eigenvalue weighted by atomic mass is 32.2. The summed E-state index contributed by atoms with van der Waals surface area (Å²) >= 11 is 0.664. The minimum Gasteiger partial charge on any atom is -0.493 e. The van der Waals surface area contributed by atoms with Crippen molar-refractivity contribution in [3.8, 4) is 5.75 Å². The average molecular weight is 399 g/mol. The van der Waals surface area contributed by atoms with Crippen LogP contribution in [0.5, 0.6) is 5.75 Å². The topological polar surface area (TPSA) is 55.4 Å². The van der Waals surface area contributed by atoms with E-state index < -0.39 is 22.9 Å². The Morgan fingerprint density at radius 3 is 2.52 bits per heavy atom. The van der Waals surface area contributed by atoms with E-state index in [2.05, 4.69) is 12.2 Å². The number of thioether (sulfide) groups is 1. The van der Waals surface area contributed by atoms with Gasteiger partial charge in [0, 0.05) is 0 Å². The third kappa shape index (κ3) is 5.06. The summed E-state index contributed by atoms with van der Waals surface area (Å²) in [7, 11) is 0. The molecular weight excluding hydrogens is 379 g/mol. The number of halogens is 3. The Hall–Kier alpha value is -1.96. The second-order valence-corrected chi connectivity index (χ2v) is 8.06. The fraction of sp³-hybridized carbons (Fsp3) is 0.474. The molecule has 1 saturated carbocycles. The molecule has 27 heavy (non-hydrogen) atoms. The number of benzene rings is 1. The number of carbonyl (C=O) groups is 2. The van der Waals surface area contributed by atoms with Gasteiger partial charge in [0.1, 0.15) is 5.75 Å². The fourth-order valence-corrected chi connectivity index (χ4v) is 3.94. The minimum absolute atomic E-state index is 0.0677. The molecular formula is C19H20F3NO3S. The van der Waals surface area contributed by atoms with Gasteiger partial charge in [-0.15, -0.1) is 0 Å². The molecule has 0 radical (unpaired) electrons. The average Bonchev–Trinajstić information content (AvgIpc) is 2.91. The number of nitrogens with one attached hydrogen (secondary N) is 1. The minimum atomic E-state index is -4.58. The van der Waals surface area contributed by atoms with Crippen LogP contribution in [0.15, 0.2) is 23.1 Å². The summed E-state index contributed by atoms with van der Waals surface area (Å²) in [6, 6.07) is 3.68. The number of alkyl halides is 3. The van der Waals surface area contributed by atoms with Crippen molar-refractivity contribution in [3.05, 3.63) is 34.2 Å². The Kier molecular flexibility index (Phi) is 5.83. The SMILES string of the molecule is CC1CCC(COc2ccc(C=C3SC(=O)NC3=O)cc2C(F)(F)F)CC1. The van der Waals surface area contributed by atoms with E-state index in [1.807, 2.05) is 0 Å². The highest BCUT2D eigenvalue weighted by Gasteiger charge is 2.35. The molecule has 0 atom stereocenters. The zero-order chi connectivity index (χ0) is 19.6. The van der Waals surface area contributed by atoms with Crippen LogP contribution in [-0.2, 0) is 11.0 Å². The molecule has 0 unspecified atom stereocenters.